The van der Waals surface area contributed by atoms with E-state index >= 15 is 0 Å². The maximum absolute atomic E-state index is 11.8. The van der Waals surface area contributed by atoms with E-state index in [-0.39, 0.29) is 0 Å². The third-order valence-electron chi connectivity index (χ3n) is 6.22. The first-order chi connectivity index (χ1) is 17.0. The number of aliphatic hydroxyl groups excluding tert-OH is 5. The molecule has 0 saturated heterocycles. The van der Waals surface area contributed by atoms with Crippen LogP contribution in [-0.4, -0.2) is 82.1 Å². The SMILES string of the molecule is CCCCCCCC/C=C\CCCCCCCCNCCCNC(=O)[C@H](O)[C@@H](O)[C@H](O)[C@H](O)CO. The standard InChI is InChI=1S/C27H54N2O6/c1-2-3-4-5-6-7-8-9-10-11-12-13-14-15-16-17-19-28-20-18-21-29-27(35)26(34)25(33)24(32)23(31)22-30/h9-10,23-26,28,30-34H,2-8,11-22H2,1H3,(H,29,35)/b10-9-/t23-,24-,25+,26-/m1/s1. The zero-order valence-electron chi connectivity index (χ0n) is 22.0. The minimum Gasteiger partial charge on any atom is -0.394 e. The number of amides is 1. The molecule has 0 radical (unpaired) electrons. The summed E-state index contributed by atoms with van der Waals surface area (Å²) in [5.41, 5.74) is 0. The van der Waals surface area contributed by atoms with Gasteiger partial charge in [0.2, 0.25) is 0 Å². The monoisotopic (exact) mass is 502 g/mol. The van der Waals surface area contributed by atoms with Crippen LogP contribution in [0, 0.1) is 0 Å². The first-order valence-electron chi connectivity index (χ1n) is 13.9. The summed E-state index contributed by atoms with van der Waals surface area (Å²) < 4.78 is 0. The van der Waals surface area contributed by atoms with Gasteiger partial charge in [0.05, 0.1) is 6.61 Å². The largest absolute Gasteiger partial charge is 0.394 e. The van der Waals surface area contributed by atoms with Crippen LogP contribution in [0.3, 0.4) is 0 Å². The summed E-state index contributed by atoms with van der Waals surface area (Å²) in [5.74, 6) is -0.824. The van der Waals surface area contributed by atoms with Crippen LogP contribution in [0.2, 0.25) is 0 Å². The van der Waals surface area contributed by atoms with Gasteiger partial charge in [-0.05, 0) is 51.6 Å². The first kappa shape index (κ1) is 34.0. The van der Waals surface area contributed by atoms with E-state index in [4.69, 9.17) is 5.11 Å². The molecule has 0 aliphatic heterocycles. The van der Waals surface area contributed by atoms with Gasteiger partial charge in [-0.25, -0.2) is 0 Å². The highest BCUT2D eigenvalue weighted by Crippen LogP contribution is 2.10. The van der Waals surface area contributed by atoms with Crippen LogP contribution in [0.5, 0.6) is 0 Å². The molecule has 4 atom stereocenters. The van der Waals surface area contributed by atoms with Gasteiger partial charge in [-0.2, -0.15) is 0 Å². The Kier molecular flexibility index (Phi) is 23.9. The lowest BCUT2D eigenvalue weighted by Crippen LogP contribution is -2.51. The molecule has 0 aliphatic rings. The molecule has 0 fully saturated rings. The molecule has 0 spiro atoms. The summed E-state index contributed by atoms with van der Waals surface area (Å²) >= 11 is 0. The fourth-order valence-corrected chi connectivity index (χ4v) is 3.83. The smallest absolute Gasteiger partial charge is 0.251 e. The normalized spacial score (nSPS) is 15.3. The van der Waals surface area contributed by atoms with Gasteiger partial charge in [0.1, 0.15) is 18.3 Å². The lowest BCUT2D eigenvalue weighted by molar-refractivity contribution is -0.148. The molecule has 0 aromatic carbocycles. The number of allylic oxidation sites excluding steroid dienone is 2. The van der Waals surface area contributed by atoms with E-state index in [2.05, 4.69) is 29.7 Å². The van der Waals surface area contributed by atoms with Crippen LogP contribution in [0.1, 0.15) is 103 Å². The molecular weight excluding hydrogens is 448 g/mol. The van der Waals surface area contributed by atoms with Gasteiger partial charge in [0, 0.05) is 6.54 Å². The van der Waals surface area contributed by atoms with E-state index < -0.39 is 36.9 Å². The van der Waals surface area contributed by atoms with Crippen molar-refractivity contribution in [3.05, 3.63) is 12.2 Å². The van der Waals surface area contributed by atoms with Crippen LogP contribution < -0.4 is 10.6 Å². The van der Waals surface area contributed by atoms with Gasteiger partial charge in [-0.1, -0.05) is 76.9 Å². The van der Waals surface area contributed by atoms with Crippen LogP contribution in [-0.2, 0) is 4.79 Å². The fourth-order valence-electron chi connectivity index (χ4n) is 3.83. The topological polar surface area (TPSA) is 142 Å². The van der Waals surface area contributed by atoms with Crippen LogP contribution in [0.15, 0.2) is 12.2 Å². The summed E-state index contributed by atoms with van der Waals surface area (Å²) in [6.07, 6.45) is 16.3. The Hall–Kier alpha value is -1.03. The second-order valence-corrected chi connectivity index (χ2v) is 9.51. The average molecular weight is 503 g/mol. The molecule has 7 N–H and O–H groups in total. The van der Waals surface area contributed by atoms with Crippen molar-refractivity contribution in [1.29, 1.82) is 0 Å². The number of aliphatic hydroxyl groups is 5. The fraction of sp³-hybridized carbons (Fsp3) is 0.889. The van der Waals surface area contributed by atoms with Crippen LogP contribution in [0.25, 0.3) is 0 Å². The number of nitrogens with one attached hydrogen (secondary N) is 2. The highest BCUT2D eigenvalue weighted by atomic mass is 16.4. The van der Waals surface area contributed by atoms with E-state index in [1.807, 2.05) is 0 Å². The van der Waals surface area contributed by atoms with E-state index in [0.717, 1.165) is 19.5 Å². The third-order valence-corrected chi connectivity index (χ3v) is 6.22. The molecule has 35 heavy (non-hydrogen) atoms. The number of hydrogen-bond donors (Lipinski definition) is 7. The summed E-state index contributed by atoms with van der Waals surface area (Å²) in [6, 6.07) is 0. The quantitative estimate of drug-likeness (QED) is 0.0751. The van der Waals surface area contributed by atoms with E-state index in [1.54, 1.807) is 0 Å². The molecule has 0 bridgehead atoms. The van der Waals surface area contributed by atoms with Crippen molar-refractivity contribution in [3.63, 3.8) is 0 Å². The summed E-state index contributed by atoms with van der Waals surface area (Å²) in [7, 11) is 0. The number of hydrogen-bond acceptors (Lipinski definition) is 7. The lowest BCUT2D eigenvalue weighted by Gasteiger charge is -2.24. The zero-order valence-corrected chi connectivity index (χ0v) is 22.0. The van der Waals surface area contributed by atoms with Crippen molar-refractivity contribution in [3.8, 4) is 0 Å². The Bertz CT molecular complexity index is 506. The van der Waals surface area contributed by atoms with Crippen molar-refractivity contribution >= 4 is 5.91 Å². The Labute approximate surface area is 213 Å². The van der Waals surface area contributed by atoms with Gasteiger partial charge in [0.25, 0.3) is 5.91 Å². The van der Waals surface area contributed by atoms with Crippen molar-refractivity contribution in [1.82, 2.24) is 10.6 Å². The Morgan fingerprint density at radius 1 is 0.686 bits per heavy atom. The Morgan fingerprint density at radius 3 is 1.77 bits per heavy atom. The molecule has 0 unspecified atom stereocenters. The molecule has 1 amide bonds. The molecule has 0 aromatic heterocycles. The Morgan fingerprint density at radius 2 is 1.20 bits per heavy atom. The molecule has 8 heteroatoms. The second kappa shape index (κ2) is 24.7. The number of unbranched alkanes of at least 4 members (excludes halogenated alkanes) is 12. The molecule has 208 valence electrons. The third kappa shape index (κ3) is 19.8. The second-order valence-electron chi connectivity index (χ2n) is 9.51. The van der Waals surface area contributed by atoms with E-state index in [1.165, 1.54) is 83.5 Å². The Balaban J connectivity index is 3.43. The van der Waals surface area contributed by atoms with Gasteiger partial charge in [-0.3, -0.25) is 4.79 Å². The van der Waals surface area contributed by atoms with Crippen molar-refractivity contribution in [2.24, 2.45) is 0 Å². The molecule has 0 aliphatic carbocycles. The summed E-state index contributed by atoms with van der Waals surface area (Å²) in [5, 5.41) is 52.8. The highest BCUT2D eigenvalue weighted by Gasteiger charge is 2.33. The molecular formula is C27H54N2O6. The maximum atomic E-state index is 11.8. The summed E-state index contributed by atoms with van der Waals surface area (Å²) in [4.78, 5) is 11.8. The first-order valence-corrected chi connectivity index (χ1v) is 13.9. The number of carbonyl (C=O) groups excluding carboxylic acids is 1. The highest BCUT2D eigenvalue weighted by molar-refractivity contribution is 5.81. The van der Waals surface area contributed by atoms with Crippen molar-refractivity contribution < 1.29 is 30.3 Å². The number of rotatable bonds is 25. The minimum atomic E-state index is -1.87. The predicted octanol–water partition coefficient (Wildman–Crippen LogP) is 2.56. The van der Waals surface area contributed by atoms with Crippen molar-refractivity contribution in [2.75, 3.05) is 26.2 Å². The summed E-state index contributed by atoms with van der Waals surface area (Å²) in [6.45, 7) is 3.46. The van der Waals surface area contributed by atoms with E-state index in [0.29, 0.717) is 13.0 Å². The average Bonchev–Trinajstić information content (AvgIpc) is 2.87. The predicted molar refractivity (Wildman–Crippen MR) is 141 cm³/mol. The van der Waals surface area contributed by atoms with Crippen molar-refractivity contribution in [2.45, 2.75) is 128 Å². The molecule has 0 rings (SSSR count). The minimum absolute atomic E-state index is 0.321. The van der Waals surface area contributed by atoms with Crippen LogP contribution in [0.4, 0.5) is 0 Å². The van der Waals surface area contributed by atoms with Gasteiger partial charge >= 0.3 is 0 Å². The molecule has 8 nitrogen and oxygen atoms in total. The maximum Gasteiger partial charge on any atom is 0.251 e. The van der Waals surface area contributed by atoms with E-state index in [9.17, 15) is 25.2 Å². The molecule has 0 saturated carbocycles. The van der Waals surface area contributed by atoms with Gasteiger partial charge < -0.3 is 36.2 Å². The van der Waals surface area contributed by atoms with Gasteiger partial charge in [0.15, 0.2) is 6.10 Å². The lowest BCUT2D eigenvalue weighted by atomic mass is 10.0. The zero-order chi connectivity index (χ0) is 26.2. The molecule has 0 aromatic rings. The number of carbonyl (C=O) groups is 1. The van der Waals surface area contributed by atoms with Crippen LogP contribution >= 0.6 is 0 Å². The van der Waals surface area contributed by atoms with Gasteiger partial charge in [-0.15, -0.1) is 0 Å². The molecule has 0 heterocycles.